The molecule has 0 spiro atoms. The standard InChI is InChI=1S/C29H26N2O5/c1-3-16-34-25-7-5-4-6-22(25)28-23-14-13-21(17-26(23)36-29(31)24(28)18-30)35-27(32)15-10-19-8-11-20(33-2)12-9-19/h4-15,17,28H,3,16,31H2,1-2H3/b15-10+. The summed E-state index contributed by atoms with van der Waals surface area (Å²) in [4.78, 5) is 12.4. The van der Waals surface area contributed by atoms with E-state index in [-0.39, 0.29) is 5.88 Å². The van der Waals surface area contributed by atoms with Crippen LogP contribution in [0.2, 0.25) is 0 Å². The van der Waals surface area contributed by atoms with Crippen molar-refractivity contribution < 1.29 is 23.7 Å². The van der Waals surface area contributed by atoms with Crippen LogP contribution in [0.4, 0.5) is 0 Å². The van der Waals surface area contributed by atoms with Crippen LogP contribution in [-0.4, -0.2) is 19.7 Å². The molecule has 7 heteroatoms. The monoisotopic (exact) mass is 482 g/mol. The number of nitrogens with zero attached hydrogens (tertiary/aromatic N) is 1. The quantitative estimate of drug-likeness (QED) is 0.263. The second-order valence-electron chi connectivity index (χ2n) is 8.04. The molecule has 0 saturated heterocycles. The van der Waals surface area contributed by atoms with Crippen molar-refractivity contribution in [2.75, 3.05) is 13.7 Å². The van der Waals surface area contributed by atoms with Crippen LogP contribution in [0.3, 0.4) is 0 Å². The van der Waals surface area contributed by atoms with Gasteiger partial charge in [-0.05, 0) is 42.3 Å². The summed E-state index contributed by atoms with van der Waals surface area (Å²) in [6.07, 6.45) is 3.84. The predicted octanol–water partition coefficient (Wildman–Crippen LogP) is 5.32. The minimum Gasteiger partial charge on any atom is -0.497 e. The largest absolute Gasteiger partial charge is 0.497 e. The van der Waals surface area contributed by atoms with E-state index in [9.17, 15) is 10.1 Å². The second-order valence-corrected chi connectivity index (χ2v) is 8.04. The summed E-state index contributed by atoms with van der Waals surface area (Å²) in [7, 11) is 1.59. The average Bonchev–Trinajstić information content (AvgIpc) is 2.90. The Morgan fingerprint density at radius 3 is 2.56 bits per heavy atom. The van der Waals surface area contributed by atoms with Crippen LogP contribution >= 0.6 is 0 Å². The van der Waals surface area contributed by atoms with E-state index in [1.165, 1.54) is 6.08 Å². The Kier molecular flexibility index (Phi) is 7.57. The summed E-state index contributed by atoms with van der Waals surface area (Å²) in [6, 6.07) is 22.1. The molecule has 1 unspecified atom stereocenters. The average molecular weight is 483 g/mol. The van der Waals surface area contributed by atoms with Crippen molar-refractivity contribution in [1.82, 2.24) is 0 Å². The molecule has 0 amide bonds. The first kappa shape index (κ1) is 24.4. The molecule has 4 rings (SSSR count). The maximum absolute atomic E-state index is 12.4. The molecule has 0 fully saturated rings. The molecule has 0 radical (unpaired) electrons. The second kappa shape index (κ2) is 11.2. The van der Waals surface area contributed by atoms with Gasteiger partial charge in [0.1, 0.15) is 34.6 Å². The Balaban J connectivity index is 1.59. The number of hydrogen-bond acceptors (Lipinski definition) is 7. The molecule has 2 N–H and O–H groups in total. The highest BCUT2D eigenvalue weighted by molar-refractivity contribution is 5.88. The number of esters is 1. The summed E-state index contributed by atoms with van der Waals surface area (Å²) >= 11 is 0. The van der Waals surface area contributed by atoms with E-state index in [2.05, 4.69) is 6.07 Å². The summed E-state index contributed by atoms with van der Waals surface area (Å²) in [6.45, 7) is 2.58. The van der Waals surface area contributed by atoms with Crippen LogP contribution < -0.4 is 24.7 Å². The maximum atomic E-state index is 12.4. The zero-order chi connectivity index (χ0) is 25.5. The van der Waals surface area contributed by atoms with Crippen molar-refractivity contribution in [2.24, 2.45) is 5.73 Å². The normalized spacial score (nSPS) is 14.5. The lowest BCUT2D eigenvalue weighted by Crippen LogP contribution is -2.21. The minimum atomic E-state index is -0.544. The fourth-order valence-corrected chi connectivity index (χ4v) is 3.91. The van der Waals surface area contributed by atoms with Crippen molar-refractivity contribution in [3.8, 4) is 29.1 Å². The number of benzene rings is 3. The summed E-state index contributed by atoms with van der Waals surface area (Å²) in [5.41, 5.74) is 8.79. The number of nitrogens with two attached hydrogens (primary N) is 1. The van der Waals surface area contributed by atoms with E-state index in [0.717, 1.165) is 28.9 Å². The molecule has 36 heavy (non-hydrogen) atoms. The van der Waals surface area contributed by atoms with E-state index in [0.29, 0.717) is 29.4 Å². The van der Waals surface area contributed by atoms with Crippen LogP contribution in [0.1, 0.15) is 36.0 Å². The fraction of sp³-hybridized carbons (Fsp3) is 0.172. The first-order chi connectivity index (χ1) is 17.5. The molecule has 182 valence electrons. The van der Waals surface area contributed by atoms with Gasteiger partial charge in [0.15, 0.2) is 0 Å². The predicted molar refractivity (Wildman–Crippen MR) is 136 cm³/mol. The van der Waals surface area contributed by atoms with Crippen molar-refractivity contribution >= 4 is 12.0 Å². The Hall–Kier alpha value is -4.70. The van der Waals surface area contributed by atoms with Gasteiger partial charge in [0, 0.05) is 23.3 Å². The van der Waals surface area contributed by atoms with Gasteiger partial charge >= 0.3 is 5.97 Å². The summed E-state index contributed by atoms with van der Waals surface area (Å²) in [5.74, 6) is 1.09. The topological polar surface area (TPSA) is 104 Å². The van der Waals surface area contributed by atoms with Crippen molar-refractivity contribution in [2.45, 2.75) is 19.3 Å². The van der Waals surface area contributed by atoms with Crippen molar-refractivity contribution in [3.05, 3.63) is 101 Å². The molecular formula is C29H26N2O5. The third-order valence-corrected chi connectivity index (χ3v) is 5.63. The van der Waals surface area contributed by atoms with E-state index < -0.39 is 11.9 Å². The van der Waals surface area contributed by atoms with Gasteiger partial charge in [-0.25, -0.2) is 4.79 Å². The molecule has 0 bridgehead atoms. The molecule has 0 aliphatic carbocycles. The van der Waals surface area contributed by atoms with Gasteiger partial charge in [0.2, 0.25) is 5.88 Å². The van der Waals surface area contributed by atoms with Crippen molar-refractivity contribution in [3.63, 3.8) is 0 Å². The highest BCUT2D eigenvalue weighted by Crippen LogP contribution is 2.45. The number of rotatable bonds is 8. The zero-order valence-corrected chi connectivity index (χ0v) is 20.1. The number of carbonyl (C=O) groups excluding carboxylic acids is 1. The lowest BCUT2D eigenvalue weighted by atomic mass is 9.83. The van der Waals surface area contributed by atoms with Gasteiger partial charge in [0.25, 0.3) is 0 Å². The number of hydrogen-bond donors (Lipinski definition) is 1. The summed E-state index contributed by atoms with van der Waals surface area (Å²) < 4.78 is 22.3. The number of carbonyl (C=O) groups is 1. The van der Waals surface area contributed by atoms with Gasteiger partial charge in [0.05, 0.1) is 19.6 Å². The van der Waals surface area contributed by atoms with Crippen LogP contribution in [0.15, 0.2) is 84.3 Å². The number of ether oxygens (including phenoxy) is 4. The maximum Gasteiger partial charge on any atom is 0.336 e. The van der Waals surface area contributed by atoms with Gasteiger partial charge < -0.3 is 24.7 Å². The molecule has 1 heterocycles. The van der Waals surface area contributed by atoms with Crippen molar-refractivity contribution in [1.29, 1.82) is 5.26 Å². The molecule has 3 aromatic carbocycles. The SMILES string of the molecule is CCCOc1ccccc1C1C(C#N)=C(N)Oc2cc(OC(=O)/C=C/c3ccc(OC)cc3)ccc21. The van der Waals surface area contributed by atoms with Crippen LogP contribution in [0.25, 0.3) is 6.08 Å². The van der Waals surface area contributed by atoms with E-state index in [1.807, 2.05) is 43.3 Å². The molecule has 0 saturated carbocycles. The first-order valence-corrected chi connectivity index (χ1v) is 11.5. The van der Waals surface area contributed by atoms with E-state index in [1.54, 1.807) is 43.5 Å². The Morgan fingerprint density at radius 1 is 1.08 bits per heavy atom. The molecule has 1 aliphatic heterocycles. The molecule has 7 nitrogen and oxygen atoms in total. The number of methoxy groups -OCH3 is 1. The molecular weight excluding hydrogens is 456 g/mol. The third kappa shape index (κ3) is 5.34. The molecule has 3 aromatic rings. The number of nitriles is 1. The fourth-order valence-electron chi connectivity index (χ4n) is 3.91. The van der Waals surface area contributed by atoms with Crippen LogP contribution in [-0.2, 0) is 4.79 Å². The van der Waals surface area contributed by atoms with Gasteiger partial charge in [-0.2, -0.15) is 5.26 Å². The van der Waals surface area contributed by atoms with Gasteiger partial charge in [-0.3, -0.25) is 0 Å². The minimum absolute atomic E-state index is 0.00294. The van der Waals surface area contributed by atoms with Crippen LogP contribution in [0, 0.1) is 11.3 Å². The lowest BCUT2D eigenvalue weighted by Gasteiger charge is -2.28. The smallest absolute Gasteiger partial charge is 0.336 e. The van der Waals surface area contributed by atoms with Gasteiger partial charge in [-0.15, -0.1) is 0 Å². The highest BCUT2D eigenvalue weighted by atomic mass is 16.5. The Labute approximate surface area is 210 Å². The van der Waals surface area contributed by atoms with Gasteiger partial charge in [-0.1, -0.05) is 43.3 Å². The lowest BCUT2D eigenvalue weighted by molar-refractivity contribution is -0.128. The third-order valence-electron chi connectivity index (χ3n) is 5.63. The molecule has 1 aliphatic rings. The number of allylic oxidation sites excluding steroid dienone is 1. The Morgan fingerprint density at radius 2 is 1.83 bits per heavy atom. The highest BCUT2D eigenvalue weighted by Gasteiger charge is 2.32. The molecule has 1 atom stereocenters. The number of fused-ring (bicyclic) bond motifs is 1. The van der Waals surface area contributed by atoms with E-state index in [4.69, 9.17) is 24.7 Å². The summed E-state index contributed by atoms with van der Waals surface area (Å²) in [5, 5.41) is 9.85. The van der Waals surface area contributed by atoms with Crippen LogP contribution in [0.5, 0.6) is 23.0 Å². The zero-order valence-electron chi connectivity index (χ0n) is 20.1. The Bertz CT molecular complexity index is 1350. The number of para-hydroxylation sites is 1. The first-order valence-electron chi connectivity index (χ1n) is 11.5. The van der Waals surface area contributed by atoms with E-state index >= 15 is 0 Å². The molecule has 0 aromatic heterocycles.